The zero-order valence-corrected chi connectivity index (χ0v) is 20.5. The fourth-order valence-electron chi connectivity index (χ4n) is 4.90. The van der Waals surface area contributed by atoms with Gasteiger partial charge in [-0.1, -0.05) is 47.8 Å². The van der Waals surface area contributed by atoms with Crippen LogP contribution in [0.15, 0.2) is 91.1 Å². The van der Waals surface area contributed by atoms with Gasteiger partial charge in [0.25, 0.3) is 0 Å². The van der Waals surface area contributed by atoms with E-state index in [9.17, 15) is 0 Å². The largest absolute Gasteiger partial charge is 0.452 e. The minimum absolute atomic E-state index is 0.401. The van der Waals surface area contributed by atoms with Gasteiger partial charge in [0.15, 0.2) is 11.4 Å². The highest BCUT2D eigenvalue weighted by atomic mass is 32.2. The number of nitrogen functional groups attached to an aromatic ring is 1. The van der Waals surface area contributed by atoms with Gasteiger partial charge in [0.1, 0.15) is 5.76 Å². The van der Waals surface area contributed by atoms with E-state index in [0.717, 1.165) is 53.8 Å². The van der Waals surface area contributed by atoms with Crippen molar-refractivity contribution in [1.82, 2.24) is 20.1 Å². The average molecular weight is 498 g/mol. The Hall–Kier alpha value is -3.20. The number of anilines is 1. The average Bonchev–Trinajstić information content (AvgIpc) is 3.57. The van der Waals surface area contributed by atoms with Crippen molar-refractivity contribution >= 4 is 40.3 Å². The number of nitrogens with two attached hydrogens (primary N) is 1. The molecule has 0 saturated carbocycles. The lowest BCUT2D eigenvalue weighted by Crippen LogP contribution is -2.29. The summed E-state index contributed by atoms with van der Waals surface area (Å²) in [6, 6.07) is 17.4. The first-order valence-electron chi connectivity index (χ1n) is 11.8. The summed E-state index contributed by atoms with van der Waals surface area (Å²) in [5.41, 5.74) is 9.99. The van der Waals surface area contributed by atoms with Crippen LogP contribution in [0.2, 0.25) is 0 Å². The second-order valence-electron chi connectivity index (χ2n) is 8.88. The highest BCUT2D eigenvalue weighted by molar-refractivity contribution is 8.05. The number of hydrogen-bond acceptors (Lipinski definition) is 7. The van der Waals surface area contributed by atoms with Crippen molar-refractivity contribution in [3.8, 4) is 22.5 Å². The first-order valence-corrected chi connectivity index (χ1v) is 13.4. The van der Waals surface area contributed by atoms with Crippen molar-refractivity contribution in [2.45, 2.75) is 38.5 Å². The molecule has 2 aliphatic rings. The molecule has 0 spiro atoms. The second kappa shape index (κ2) is 8.48. The van der Waals surface area contributed by atoms with E-state index in [1.54, 1.807) is 23.5 Å². The Balaban J connectivity index is 1.31. The fourth-order valence-corrected chi connectivity index (χ4v) is 7.28. The molecule has 0 atom stereocenters. The SMILES string of the molecule is Nc1ncc(-c2cnn(C3CCNCC3)c2)c2cc(-c3cccc4c3Sc3ccccc3S4)oc12. The molecule has 0 aliphatic carbocycles. The van der Waals surface area contributed by atoms with Crippen LogP contribution in [-0.2, 0) is 0 Å². The molecule has 0 bridgehead atoms. The van der Waals surface area contributed by atoms with Crippen molar-refractivity contribution in [2.75, 3.05) is 18.8 Å². The number of furan rings is 1. The van der Waals surface area contributed by atoms with E-state index < -0.39 is 0 Å². The summed E-state index contributed by atoms with van der Waals surface area (Å²) >= 11 is 3.59. The van der Waals surface area contributed by atoms with E-state index >= 15 is 0 Å². The van der Waals surface area contributed by atoms with E-state index in [1.165, 1.54) is 19.6 Å². The molecule has 1 saturated heterocycles. The minimum atomic E-state index is 0.401. The van der Waals surface area contributed by atoms with Crippen LogP contribution in [0.1, 0.15) is 18.9 Å². The topological polar surface area (TPSA) is 81.9 Å². The Morgan fingerprint density at radius 1 is 0.943 bits per heavy atom. The van der Waals surface area contributed by atoms with Crippen LogP contribution in [0.5, 0.6) is 0 Å². The maximum absolute atomic E-state index is 6.38. The van der Waals surface area contributed by atoms with E-state index in [-0.39, 0.29) is 0 Å². The third-order valence-corrected chi connectivity index (χ3v) is 9.32. The molecule has 8 heteroatoms. The summed E-state index contributed by atoms with van der Waals surface area (Å²) in [4.78, 5) is 9.45. The van der Waals surface area contributed by atoms with Gasteiger partial charge < -0.3 is 15.5 Å². The molecule has 5 heterocycles. The van der Waals surface area contributed by atoms with Crippen molar-refractivity contribution in [3.63, 3.8) is 0 Å². The van der Waals surface area contributed by atoms with Crippen molar-refractivity contribution < 1.29 is 4.42 Å². The van der Waals surface area contributed by atoms with Gasteiger partial charge in [-0.3, -0.25) is 4.68 Å². The van der Waals surface area contributed by atoms with Crippen LogP contribution in [-0.4, -0.2) is 27.9 Å². The highest BCUT2D eigenvalue weighted by Gasteiger charge is 2.23. The first kappa shape index (κ1) is 21.1. The standard InChI is InChI=1S/C27H23N5OS2/c28-27-25-19(20(14-30-27)16-13-31-32(15-16)17-8-10-29-11-9-17)12-21(33-25)18-4-3-7-24-26(18)35-23-6-2-1-5-22(23)34-24/h1-7,12-15,17,29H,8-11H2,(H2,28,30). The smallest absolute Gasteiger partial charge is 0.177 e. The summed E-state index contributed by atoms with van der Waals surface area (Å²) in [5.74, 6) is 1.20. The van der Waals surface area contributed by atoms with E-state index in [2.05, 4.69) is 74.8 Å². The number of rotatable bonds is 3. The molecule has 2 aliphatic heterocycles. The predicted molar refractivity (Wildman–Crippen MR) is 141 cm³/mol. The zero-order valence-electron chi connectivity index (χ0n) is 18.9. The molecule has 1 fully saturated rings. The number of nitrogens with zero attached hydrogens (tertiary/aromatic N) is 3. The third-order valence-electron chi connectivity index (χ3n) is 6.71. The normalized spacial score (nSPS) is 15.8. The van der Waals surface area contributed by atoms with E-state index in [4.69, 9.17) is 10.2 Å². The number of aromatic nitrogens is 3. The van der Waals surface area contributed by atoms with Crippen LogP contribution < -0.4 is 11.1 Å². The lowest BCUT2D eigenvalue weighted by molar-refractivity contribution is 0.343. The van der Waals surface area contributed by atoms with Crippen LogP contribution >= 0.6 is 23.5 Å². The van der Waals surface area contributed by atoms with E-state index in [0.29, 0.717) is 17.4 Å². The number of hydrogen-bond donors (Lipinski definition) is 2. The van der Waals surface area contributed by atoms with Gasteiger partial charge >= 0.3 is 0 Å². The molecule has 3 aromatic heterocycles. The van der Waals surface area contributed by atoms with Crippen molar-refractivity contribution in [2.24, 2.45) is 0 Å². The number of benzene rings is 2. The molecule has 7 rings (SSSR count). The van der Waals surface area contributed by atoms with Crippen LogP contribution in [0.25, 0.3) is 33.4 Å². The van der Waals surface area contributed by atoms with Crippen LogP contribution in [0.4, 0.5) is 5.82 Å². The molecule has 35 heavy (non-hydrogen) atoms. The van der Waals surface area contributed by atoms with Crippen molar-refractivity contribution in [3.05, 3.63) is 67.1 Å². The summed E-state index contributed by atoms with van der Waals surface area (Å²) in [7, 11) is 0. The van der Waals surface area contributed by atoms with Gasteiger partial charge in [0.05, 0.1) is 12.2 Å². The Labute approximate surface area is 211 Å². The zero-order chi connectivity index (χ0) is 23.4. The third kappa shape index (κ3) is 3.64. The number of nitrogens with one attached hydrogen (secondary N) is 1. The number of pyridine rings is 1. The van der Waals surface area contributed by atoms with E-state index in [1.807, 2.05) is 12.4 Å². The molecule has 0 amide bonds. The molecule has 0 radical (unpaired) electrons. The lowest BCUT2D eigenvalue weighted by atomic mass is 10.1. The number of piperidine rings is 1. The minimum Gasteiger partial charge on any atom is -0.452 e. The van der Waals surface area contributed by atoms with Crippen molar-refractivity contribution in [1.29, 1.82) is 0 Å². The molecule has 0 unspecified atom stereocenters. The molecule has 6 nitrogen and oxygen atoms in total. The summed E-state index contributed by atoms with van der Waals surface area (Å²) in [6.07, 6.45) is 8.06. The highest BCUT2D eigenvalue weighted by Crippen LogP contribution is 2.52. The Kier molecular flexibility index (Phi) is 5.11. The Morgan fingerprint density at radius 3 is 2.60 bits per heavy atom. The van der Waals surface area contributed by atoms with Crippen LogP contribution in [0.3, 0.4) is 0 Å². The van der Waals surface area contributed by atoms with Gasteiger partial charge in [0.2, 0.25) is 0 Å². The van der Waals surface area contributed by atoms with Gasteiger partial charge in [0, 0.05) is 54.1 Å². The molecular weight excluding hydrogens is 474 g/mol. The lowest BCUT2D eigenvalue weighted by Gasteiger charge is -2.22. The molecule has 174 valence electrons. The Morgan fingerprint density at radius 2 is 1.74 bits per heavy atom. The van der Waals surface area contributed by atoms with Gasteiger partial charge in [-0.15, -0.1) is 0 Å². The summed E-state index contributed by atoms with van der Waals surface area (Å²) < 4.78 is 8.47. The Bertz CT molecular complexity index is 1570. The van der Waals surface area contributed by atoms with Gasteiger partial charge in [-0.25, -0.2) is 4.98 Å². The second-order valence-corrected chi connectivity index (χ2v) is 11.0. The monoisotopic (exact) mass is 497 g/mol. The molecule has 5 aromatic rings. The van der Waals surface area contributed by atoms with Gasteiger partial charge in [-0.2, -0.15) is 5.10 Å². The first-order chi connectivity index (χ1) is 17.2. The van der Waals surface area contributed by atoms with Crippen LogP contribution in [0, 0.1) is 0 Å². The van der Waals surface area contributed by atoms with Gasteiger partial charge in [-0.05, 0) is 50.2 Å². The number of fused-ring (bicyclic) bond motifs is 3. The fraction of sp³-hybridized carbons (Fsp3) is 0.185. The summed E-state index contributed by atoms with van der Waals surface area (Å²) in [5, 5.41) is 9.06. The maximum Gasteiger partial charge on any atom is 0.177 e. The molecule has 2 aromatic carbocycles. The quantitative estimate of drug-likeness (QED) is 0.289. The summed E-state index contributed by atoms with van der Waals surface area (Å²) in [6.45, 7) is 2.06. The predicted octanol–water partition coefficient (Wildman–Crippen LogP) is 6.48. The molecular formula is C27H23N5OS2. The molecule has 3 N–H and O–H groups in total. The maximum atomic E-state index is 6.38.